The fraction of sp³-hybridized carbons (Fsp3) is 0.278. The van der Waals surface area contributed by atoms with E-state index in [0.29, 0.717) is 23.4 Å². The summed E-state index contributed by atoms with van der Waals surface area (Å²) >= 11 is 1.33. The molecule has 0 fully saturated rings. The van der Waals surface area contributed by atoms with Crippen LogP contribution in [0.25, 0.3) is 0 Å². The summed E-state index contributed by atoms with van der Waals surface area (Å²) in [6, 6.07) is 9.84. The van der Waals surface area contributed by atoms with E-state index < -0.39 is 12.0 Å². The van der Waals surface area contributed by atoms with E-state index in [-0.39, 0.29) is 24.8 Å². The quantitative estimate of drug-likeness (QED) is 0.857. The van der Waals surface area contributed by atoms with Gasteiger partial charge in [0.05, 0.1) is 4.88 Å². The molecule has 3 rings (SSSR count). The maximum absolute atomic E-state index is 12.5. The molecular formula is C18H18N2O4S. The second-order valence-electron chi connectivity index (χ2n) is 5.76. The van der Waals surface area contributed by atoms with E-state index in [2.05, 4.69) is 5.32 Å². The number of hydrogen-bond acceptors (Lipinski definition) is 4. The fourth-order valence-electron chi connectivity index (χ4n) is 3.02. The summed E-state index contributed by atoms with van der Waals surface area (Å²) in [6.45, 7) is 0.547. The number of carboxylic acids is 1. The highest BCUT2D eigenvalue weighted by Crippen LogP contribution is 2.30. The minimum Gasteiger partial charge on any atom is -0.479 e. The van der Waals surface area contributed by atoms with Crippen LogP contribution in [0.1, 0.15) is 33.3 Å². The van der Waals surface area contributed by atoms with Gasteiger partial charge in [-0.15, -0.1) is 11.3 Å². The lowest BCUT2D eigenvalue weighted by Crippen LogP contribution is -2.44. The number of fused-ring (bicyclic) bond motifs is 1. The smallest absolute Gasteiger partial charge is 0.331 e. The number of benzene rings is 1. The van der Waals surface area contributed by atoms with E-state index in [1.807, 2.05) is 17.5 Å². The van der Waals surface area contributed by atoms with Gasteiger partial charge in [-0.05, 0) is 29.0 Å². The molecule has 0 bridgehead atoms. The summed E-state index contributed by atoms with van der Waals surface area (Å²) in [5.74, 6) is -1.53. The third-order valence-corrected chi connectivity index (χ3v) is 5.08. The van der Waals surface area contributed by atoms with Gasteiger partial charge in [0.25, 0.3) is 5.91 Å². The summed E-state index contributed by atoms with van der Waals surface area (Å²) in [4.78, 5) is 38.1. The maximum atomic E-state index is 12.5. The van der Waals surface area contributed by atoms with Gasteiger partial charge < -0.3 is 15.3 Å². The average Bonchev–Trinajstić information content (AvgIpc) is 3.15. The molecule has 2 amide bonds. The minimum atomic E-state index is -1.04. The number of carbonyl (C=O) groups excluding carboxylic acids is 2. The monoisotopic (exact) mass is 358 g/mol. The Bertz CT molecular complexity index is 788. The highest BCUT2D eigenvalue weighted by atomic mass is 32.1. The molecule has 0 spiro atoms. The first kappa shape index (κ1) is 17.2. The second-order valence-corrected chi connectivity index (χ2v) is 6.71. The number of carbonyl (C=O) groups is 3. The Morgan fingerprint density at radius 1 is 1.20 bits per heavy atom. The van der Waals surface area contributed by atoms with Crippen molar-refractivity contribution in [3.05, 3.63) is 57.8 Å². The lowest BCUT2D eigenvalue weighted by Gasteiger charge is -2.34. The molecule has 2 aromatic rings. The van der Waals surface area contributed by atoms with Crippen LogP contribution in [0.5, 0.6) is 0 Å². The lowest BCUT2D eigenvalue weighted by atomic mass is 9.92. The van der Waals surface area contributed by atoms with Gasteiger partial charge in [-0.25, -0.2) is 4.79 Å². The van der Waals surface area contributed by atoms with Gasteiger partial charge in [-0.2, -0.15) is 0 Å². The third-order valence-electron chi connectivity index (χ3n) is 4.21. The molecule has 1 aromatic carbocycles. The topological polar surface area (TPSA) is 86.7 Å². The molecule has 1 aliphatic rings. The van der Waals surface area contributed by atoms with Crippen molar-refractivity contribution in [3.8, 4) is 0 Å². The Kier molecular flexibility index (Phi) is 5.14. The second kappa shape index (κ2) is 7.48. The van der Waals surface area contributed by atoms with Crippen molar-refractivity contribution in [3.63, 3.8) is 0 Å². The van der Waals surface area contributed by atoms with E-state index in [0.717, 1.165) is 5.56 Å². The van der Waals surface area contributed by atoms with Crippen LogP contribution in [0.2, 0.25) is 0 Å². The van der Waals surface area contributed by atoms with Gasteiger partial charge in [-0.1, -0.05) is 30.3 Å². The standard InChI is InChI=1S/C18H18N2O4S/c21-15(7-9-19-17(22)14-6-3-11-25-14)20-10-8-12-4-1-2-5-13(12)16(20)18(23)24/h1-6,11,16H,7-10H2,(H,19,22)(H,23,24). The first-order chi connectivity index (χ1) is 12.1. The Balaban J connectivity index is 1.63. The van der Waals surface area contributed by atoms with Crippen molar-refractivity contribution in [2.45, 2.75) is 18.9 Å². The summed E-state index contributed by atoms with van der Waals surface area (Å²) in [6.07, 6.45) is 0.705. The SMILES string of the molecule is O=C(NCCC(=O)N1CCc2ccccc2C1C(=O)O)c1cccs1. The van der Waals surface area contributed by atoms with Crippen molar-refractivity contribution in [1.29, 1.82) is 0 Å². The summed E-state index contributed by atoms with van der Waals surface area (Å²) < 4.78 is 0. The van der Waals surface area contributed by atoms with Gasteiger partial charge in [0.15, 0.2) is 6.04 Å². The largest absolute Gasteiger partial charge is 0.479 e. The van der Waals surface area contributed by atoms with Crippen LogP contribution in [0.15, 0.2) is 41.8 Å². The number of carboxylic acid groups (broad SMARTS) is 1. The van der Waals surface area contributed by atoms with Gasteiger partial charge >= 0.3 is 5.97 Å². The average molecular weight is 358 g/mol. The Morgan fingerprint density at radius 3 is 2.72 bits per heavy atom. The van der Waals surface area contributed by atoms with E-state index >= 15 is 0 Å². The van der Waals surface area contributed by atoms with E-state index in [1.165, 1.54) is 16.2 Å². The van der Waals surface area contributed by atoms with Crippen molar-refractivity contribution in [1.82, 2.24) is 10.2 Å². The molecule has 6 nitrogen and oxygen atoms in total. The molecule has 7 heteroatoms. The maximum Gasteiger partial charge on any atom is 0.331 e. The van der Waals surface area contributed by atoms with Crippen LogP contribution in [-0.2, 0) is 16.0 Å². The van der Waals surface area contributed by atoms with Crippen LogP contribution in [-0.4, -0.2) is 40.9 Å². The molecule has 0 saturated carbocycles. The van der Waals surface area contributed by atoms with Crippen molar-refractivity contribution in [2.24, 2.45) is 0 Å². The number of thiophene rings is 1. The minimum absolute atomic E-state index is 0.0725. The van der Waals surface area contributed by atoms with Crippen LogP contribution in [0.3, 0.4) is 0 Å². The predicted molar refractivity (Wildman–Crippen MR) is 93.5 cm³/mol. The molecule has 0 radical (unpaired) electrons. The number of aliphatic carboxylic acids is 1. The normalized spacial score (nSPS) is 16.2. The number of nitrogens with zero attached hydrogens (tertiary/aromatic N) is 1. The Labute approximate surface area is 149 Å². The van der Waals surface area contributed by atoms with Crippen molar-refractivity contribution in [2.75, 3.05) is 13.1 Å². The predicted octanol–water partition coefficient (Wildman–Crippen LogP) is 2.08. The molecule has 0 saturated heterocycles. The Morgan fingerprint density at radius 2 is 2.00 bits per heavy atom. The molecule has 25 heavy (non-hydrogen) atoms. The van der Waals surface area contributed by atoms with Crippen molar-refractivity contribution < 1.29 is 19.5 Å². The molecule has 2 heterocycles. The van der Waals surface area contributed by atoms with Crippen LogP contribution < -0.4 is 5.32 Å². The van der Waals surface area contributed by atoms with E-state index in [1.54, 1.807) is 24.3 Å². The van der Waals surface area contributed by atoms with Crippen LogP contribution >= 0.6 is 11.3 Å². The van der Waals surface area contributed by atoms with Crippen LogP contribution in [0, 0.1) is 0 Å². The Hall–Kier alpha value is -2.67. The highest BCUT2D eigenvalue weighted by Gasteiger charge is 2.35. The highest BCUT2D eigenvalue weighted by molar-refractivity contribution is 7.12. The van der Waals surface area contributed by atoms with Gasteiger partial charge in [-0.3, -0.25) is 9.59 Å². The molecule has 1 aromatic heterocycles. The first-order valence-electron chi connectivity index (χ1n) is 7.99. The zero-order valence-electron chi connectivity index (χ0n) is 13.5. The first-order valence-corrected chi connectivity index (χ1v) is 8.87. The summed E-state index contributed by atoms with van der Waals surface area (Å²) in [5.41, 5.74) is 1.63. The molecular weight excluding hydrogens is 340 g/mol. The zero-order valence-corrected chi connectivity index (χ0v) is 14.3. The lowest BCUT2D eigenvalue weighted by molar-refractivity contribution is -0.151. The molecule has 1 atom stereocenters. The fourth-order valence-corrected chi connectivity index (χ4v) is 3.66. The van der Waals surface area contributed by atoms with E-state index in [4.69, 9.17) is 0 Å². The number of hydrogen-bond donors (Lipinski definition) is 2. The molecule has 130 valence electrons. The molecule has 1 unspecified atom stereocenters. The third kappa shape index (κ3) is 3.71. The number of rotatable bonds is 5. The number of nitrogens with one attached hydrogen (secondary N) is 1. The zero-order chi connectivity index (χ0) is 17.8. The molecule has 1 aliphatic heterocycles. The van der Waals surface area contributed by atoms with E-state index in [9.17, 15) is 19.5 Å². The molecule has 0 aliphatic carbocycles. The van der Waals surface area contributed by atoms with Crippen molar-refractivity contribution >= 4 is 29.1 Å². The summed E-state index contributed by atoms with van der Waals surface area (Å²) in [7, 11) is 0. The van der Waals surface area contributed by atoms with Gasteiger partial charge in [0.2, 0.25) is 5.91 Å². The summed E-state index contributed by atoms with van der Waals surface area (Å²) in [5, 5.41) is 14.1. The van der Waals surface area contributed by atoms with Crippen LogP contribution in [0.4, 0.5) is 0 Å². The molecule has 2 N–H and O–H groups in total. The van der Waals surface area contributed by atoms with Gasteiger partial charge in [0, 0.05) is 19.5 Å². The van der Waals surface area contributed by atoms with Gasteiger partial charge in [0.1, 0.15) is 0 Å². The number of amides is 2.